The van der Waals surface area contributed by atoms with Gasteiger partial charge < -0.3 is 19.6 Å². The highest BCUT2D eigenvalue weighted by Crippen LogP contribution is 2.40. The lowest BCUT2D eigenvalue weighted by molar-refractivity contribution is -0.742. The van der Waals surface area contributed by atoms with Gasteiger partial charge in [0.05, 0.1) is 12.8 Å². The monoisotopic (exact) mass is 477 g/mol. The van der Waals surface area contributed by atoms with E-state index in [0.29, 0.717) is 12.6 Å². The van der Waals surface area contributed by atoms with Gasteiger partial charge in [0.2, 0.25) is 0 Å². The third-order valence-electron chi connectivity index (χ3n) is 6.56. The smallest absolute Gasteiger partial charge is 0.291 e. The number of rotatable bonds is 6. The van der Waals surface area contributed by atoms with Crippen molar-refractivity contribution < 1.29 is 19.8 Å². The molecule has 0 bridgehead atoms. The van der Waals surface area contributed by atoms with Gasteiger partial charge in [-0.25, -0.2) is 0 Å². The number of hydrogen-bond acceptors (Lipinski definition) is 6. The fourth-order valence-corrected chi connectivity index (χ4v) is 4.85. The van der Waals surface area contributed by atoms with Crippen LogP contribution in [-0.2, 0) is 13.0 Å². The average Bonchev–Trinajstić information content (AvgIpc) is 3.25. The first kappa shape index (κ1) is 24.3. The number of likely N-dealkylation sites (tertiary alicyclic amines) is 1. The first-order chi connectivity index (χ1) is 17.0. The van der Waals surface area contributed by atoms with E-state index in [1.165, 1.54) is 41.9 Å². The van der Waals surface area contributed by atoms with Gasteiger partial charge in [-0.15, -0.1) is 10.1 Å². The van der Waals surface area contributed by atoms with Gasteiger partial charge in [-0.3, -0.25) is 4.90 Å². The summed E-state index contributed by atoms with van der Waals surface area (Å²) in [6.45, 7) is 3.87. The van der Waals surface area contributed by atoms with Crippen molar-refractivity contribution in [2.24, 2.45) is 0 Å². The van der Waals surface area contributed by atoms with E-state index in [2.05, 4.69) is 82.6 Å². The largest absolute Gasteiger partial charge is 0.497 e. The highest BCUT2D eigenvalue weighted by Gasteiger charge is 2.29. The normalized spacial score (nSPS) is 16.7. The lowest BCUT2D eigenvalue weighted by atomic mass is 10.1. The van der Waals surface area contributed by atoms with Crippen LogP contribution in [-0.4, -0.2) is 48.0 Å². The first-order valence-corrected chi connectivity index (χ1v) is 11.8. The van der Waals surface area contributed by atoms with Gasteiger partial charge in [0.1, 0.15) is 18.1 Å². The van der Waals surface area contributed by atoms with E-state index in [9.17, 15) is 0 Å². The molecule has 0 radical (unpaired) electrons. The van der Waals surface area contributed by atoms with E-state index in [4.69, 9.17) is 24.8 Å². The van der Waals surface area contributed by atoms with E-state index in [1.807, 2.05) is 0 Å². The van der Waals surface area contributed by atoms with Crippen LogP contribution in [0.2, 0.25) is 0 Å². The van der Waals surface area contributed by atoms with E-state index < -0.39 is 5.09 Å². The van der Waals surface area contributed by atoms with Gasteiger partial charge >= 0.3 is 0 Å². The van der Waals surface area contributed by atoms with Crippen LogP contribution in [0.1, 0.15) is 24.0 Å². The number of methoxy groups -OCH3 is 1. The molecule has 2 aliphatic rings. The molecule has 5 rings (SSSR count). The molecule has 2 aliphatic heterocycles. The number of benzene rings is 3. The summed E-state index contributed by atoms with van der Waals surface area (Å²) in [4.78, 5) is 13.5. The molecule has 0 saturated carbocycles. The summed E-state index contributed by atoms with van der Waals surface area (Å²) in [5, 5.41) is 13.6. The van der Waals surface area contributed by atoms with Gasteiger partial charge in [-0.1, -0.05) is 42.5 Å². The van der Waals surface area contributed by atoms with E-state index in [-0.39, 0.29) is 0 Å². The molecule has 1 fully saturated rings. The van der Waals surface area contributed by atoms with E-state index >= 15 is 0 Å². The fraction of sp³-hybridized carbons (Fsp3) is 0.333. The lowest BCUT2D eigenvalue weighted by Crippen LogP contribution is -2.39. The minimum atomic E-state index is -1.50. The summed E-state index contributed by atoms with van der Waals surface area (Å²) >= 11 is 0. The molecule has 1 unspecified atom stereocenters. The standard InChI is InChI=1S/C27H30N2O2.HNO3/c1-30-24-14-12-21(13-15-24)16-18-28-17-6-8-23(28)19-29-25-9-3-2-7-22(25)20-31-27-11-5-4-10-26(27)29;2-1(3)4/h2-5,7,9-15,23H,6,8,16-20H2,1H3;(H,2,3,4). The van der Waals surface area contributed by atoms with Crippen molar-refractivity contribution in [3.8, 4) is 11.5 Å². The topological polar surface area (TPSA) is 88.3 Å². The van der Waals surface area contributed by atoms with Crippen molar-refractivity contribution in [3.05, 3.63) is 94.0 Å². The second-order valence-corrected chi connectivity index (χ2v) is 8.66. The quantitative estimate of drug-likeness (QED) is 0.391. The molecule has 1 saturated heterocycles. The molecule has 8 nitrogen and oxygen atoms in total. The third kappa shape index (κ3) is 6.22. The Kier molecular flexibility index (Phi) is 8.05. The molecule has 3 aromatic carbocycles. The molecule has 3 aromatic rings. The van der Waals surface area contributed by atoms with Crippen LogP contribution in [0.25, 0.3) is 0 Å². The zero-order chi connectivity index (χ0) is 24.6. The highest BCUT2D eigenvalue weighted by molar-refractivity contribution is 5.72. The Morgan fingerprint density at radius 3 is 2.49 bits per heavy atom. The predicted molar refractivity (Wildman–Crippen MR) is 134 cm³/mol. The second kappa shape index (κ2) is 11.6. The molecule has 184 valence electrons. The maximum Gasteiger partial charge on any atom is 0.291 e. The Bertz CT molecular complexity index is 1070. The fourth-order valence-electron chi connectivity index (χ4n) is 4.85. The van der Waals surface area contributed by atoms with Crippen LogP contribution in [0, 0.1) is 10.1 Å². The van der Waals surface area contributed by atoms with Crippen LogP contribution in [0.15, 0.2) is 72.8 Å². The summed E-state index contributed by atoms with van der Waals surface area (Å²) in [6.07, 6.45) is 3.57. The van der Waals surface area contributed by atoms with Gasteiger partial charge in [0, 0.05) is 30.4 Å². The van der Waals surface area contributed by atoms with Gasteiger partial charge in [-0.05, 0) is 61.7 Å². The Balaban J connectivity index is 0.000000672. The number of fused-ring (bicyclic) bond motifs is 2. The van der Waals surface area contributed by atoms with Crippen LogP contribution in [0.5, 0.6) is 11.5 Å². The highest BCUT2D eigenvalue weighted by atomic mass is 16.9. The average molecular weight is 478 g/mol. The third-order valence-corrected chi connectivity index (χ3v) is 6.56. The predicted octanol–water partition coefficient (Wildman–Crippen LogP) is 5.09. The van der Waals surface area contributed by atoms with E-state index in [1.54, 1.807) is 7.11 Å². The van der Waals surface area contributed by atoms with Crippen molar-refractivity contribution in [1.82, 2.24) is 4.90 Å². The number of hydrogen-bond donors (Lipinski definition) is 1. The SMILES string of the molecule is COc1ccc(CCN2CCCC2CN2c3ccccc3COc3ccccc32)cc1.O=[N+]([O-])O. The Labute approximate surface area is 205 Å². The molecule has 8 heteroatoms. The van der Waals surface area contributed by atoms with Crippen molar-refractivity contribution >= 4 is 11.4 Å². The summed E-state index contributed by atoms with van der Waals surface area (Å²) in [7, 11) is 1.72. The zero-order valence-corrected chi connectivity index (χ0v) is 19.9. The molecule has 1 atom stereocenters. The molecule has 0 amide bonds. The Morgan fingerprint density at radius 2 is 1.74 bits per heavy atom. The van der Waals surface area contributed by atoms with E-state index in [0.717, 1.165) is 31.0 Å². The zero-order valence-electron chi connectivity index (χ0n) is 19.9. The molecule has 0 aliphatic carbocycles. The summed E-state index contributed by atoms with van der Waals surface area (Å²) in [5.41, 5.74) is 5.07. The molecule has 1 N–H and O–H groups in total. The van der Waals surface area contributed by atoms with Crippen LogP contribution in [0.3, 0.4) is 0 Å². The Hall–Kier alpha value is -3.78. The molecular weight excluding hydrogens is 446 g/mol. The summed E-state index contributed by atoms with van der Waals surface area (Å²) < 4.78 is 11.4. The van der Waals surface area contributed by atoms with Gasteiger partial charge in [0.25, 0.3) is 5.09 Å². The van der Waals surface area contributed by atoms with Crippen molar-refractivity contribution in [2.45, 2.75) is 31.9 Å². The van der Waals surface area contributed by atoms with Crippen molar-refractivity contribution in [2.75, 3.05) is 31.6 Å². The van der Waals surface area contributed by atoms with Gasteiger partial charge in [-0.2, -0.15) is 0 Å². The minimum Gasteiger partial charge on any atom is -0.497 e. The molecule has 2 heterocycles. The number of anilines is 2. The second-order valence-electron chi connectivity index (χ2n) is 8.66. The number of para-hydroxylation sites is 3. The molecule has 35 heavy (non-hydrogen) atoms. The van der Waals surface area contributed by atoms with Crippen LogP contribution >= 0.6 is 0 Å². The van der Waals surface area contributed by atoms with Crippen LogP contribution in [0.4, 0.5) is 11.4 Å². The number of ether oxygens (including phenoxy) is 2. The van der Waals surface area contributed by atoms with Crippen molar-refractivity contribution in [3.63, 3.8) is 0 Å². The minimum absolute atomic E-state index is 0.539. The molecular formula is C27H31N3O5. The Morgan fingerprint density at radius 1 is 1.06 bits per heavy atom. The summed E-state index contributed by atoms with van der Waals surface area (Å²) in [6, 6.07) is 26.1. The van der Waals surface area contributed by atoms with Crippen LogP contribution < -0.4 is 14.4 Å². The maximum absolute atomic E-state index is 8.36. The van der Waals surface area contributed by atoms with Gasteiger partial charge in [0.15, 0.2) is 0 Å². The first-order valence-electron chi connectivity index (χ1n) is 11.8. The summed E-state index contributed by atoms with van der Waals surface area (Å²) in [5.74, 6) is 1.89. The number of nitrogens with zero attached hydrogens (tertiary/aromatic N) is 3. The lowest BCUT2D eigenvalue weighted by Gasteiger charge is -2.32. The molecule has 0 aromatic heterocycles. The molecule has 0 spiro atoms. The van der Waals surface area contributed by atoms with Crippen molar-refractivity contribution in [1.29, 1.82) is 0 Å². The maximum atomic E-state index is 8.36.